The van der Waals surface area contributed by atoms with Gasteiger partial charge in [0.1, 0.15) is 24.0 Å². The molecule has 1 fully saturated rings. The first kappa shape index (κ1) is 26.0. The summed E-state index contributed by atoms with van der Waals surface area (Å²) in [5.41, 5.74) is 10.7. The number of nitrogens with zero attached hydrogens (tertiary/aromatic N) is 3. The molecule has 0 aliphatic carbocycles. The zero-order chi connectivity index (χ0) is 27.8. The quantitative estimate of drug-likeness (QED) is 0.392. The molecule has 10 heteroatoms. The van der Waals surface area contributed by atoms with Crippen molar-refractivity contribution in [3.63, 3.8) is 0 Å². The fraction of sp³-hybridized carbons (Fsp3) is 0.267. The Morgan fingerprint density at radius 1 is 1.12 bits per heavy atom. The highest BCUT2D eigenvalue weighted by molar-refractivity contribution is 5.96. The molecule has 0 spiro atoms. The zero-order valence-electron chi connectivity index (χ0n) is 22.0. The lowest BCUT2D eigenvalue weighted by atomic mass is 9.92. The number of nitrogens with two attached hydrogens (primary N) is 1. The lowest BCUT2D eigenvalue weighted by molar-refractivity contribution is 0.0326. The van der Waals surface area contributed by atoms with Crippen LogP contribution in [0.5, 0.6) is 5.75 Å². The molecule has 0 radical (unpaired) electrons. The van der Waals surface area contributed by atoms with Gasteiger partial charge in [0.15, 0.2) is 0 Å². The van der Waals surface area contributed by atoms with E-state index in [1.807, 2.05) is 34.9 Å². The van der Waals surface area contributed by atoms with E-state index in [0.717, 1.165) is 36.2 Å². The number of imidazole rings is 1. The number of rotatable bonds is 4. The molecular formula is C30H29F2N5O3. The molecule has 0 bridgehead atoms. The number of halogens is 2. The smallest absolute Gasteiger partial charge is 0.341 e. The lowest BCUT2D eigenvalue weighted by Gasteiger charge is -2.29. The number of nitrogens with one attached hydrogen (secondary N) is 1. The lowest BCUT2D eigenvalue weighted by Crippen LogP contribution is -2.40. The van der Waals surface area contributed by atoms with Crippen molar-refractivity contribution in [2.75, 3.05) is 32.8 Å². The molecule has 0 saturated carbocycles. The largest absolute Gasteiger partial charge is 0.488 e. The maximum atomic E-state index is 14.8. The molecule has 3 heterocycles. The van der Waals surface area contributed by atoms with Gasteiger partial charge in [0.05, 0.1) is 24.2 Å². The third-order valence-electron chi connectivity index (χ3n) is 7.36. The van der Waals surface area contributed by atoms with Crippen molar-refractivity contribution in [2.45, 2.75) is 19.6 Å². The Bertz CT molecular complexity index is 1700. The monoisotopic (exact) mass is 545 g/mol. The summed E-state index contributed by atoms with van der Waals surface area (Å²) < 4.78 is 42.2. The number of carbonyl (C=O) groups is 1. The Kier molecular flexibility index (Phi) is 6.95. The van der Waals surface area contributed by atoms with Crippen molar-refractivity contribution in [3.05, 3.63) is 94.1 Å². The Balaban J connectivity index is 1.47. The number of urea groups is 1. The van der Waals surface area contributed by atoms with Crippen molar-refractivity contribution in [1.82, 2.24) is 14.5 Å². The van der Waals surface area contributed by atoms with E-state index in [9.17, 15) is 13.6 Å². The van der Waals surface area contributed by atoms with Gasteiger partial charge in [-0.05, 0) is 60.0 Å². The van der Waals surface area contributed by atoms with E-state index < -0.39 is 11.8 Å². The normalized spacial score (nSPS) is 17.8. The van der Waals surface area contributed by atoms with E-state index in [0.29, 0.717) is 46.8 Å². The van der Waals surface area contributed by atoms with Gasteiger partial charge in [0.25, 0.3) is 0 Å². The van der Waals surface area contributed by atoms with Gasteiger partial charge in [-0.25, -0.2) is 13.6 Å². The fourth-order valence-electron chi connectivity index (χ4n) is 5.53. The summed E-state index contributed by atoms with van der Waals surface area (Å²) in [6.07, 6.45) is 1.93. The minimum atomic E-state index is -0.790. The minimum absolute atomic E-state index is 0.00945. The number of hydrogen-bond acceptors (Lipinski definition) is 4. The van der Waals surface area contributed by atoms with E-state index in [2.05, 4.69) is 21.8 Å². The molecule has 3 N–H and O–H groups in total. The van der Waals surface area contributed by atoms with Crippen LogP contribution in [0.25, 0.3) is 22.7 Å². The summed E-state index contributed by atoms with van der Waals surface area (Å²) in [5.74, 6) is -0.469. The topological polar surface area (TPSA) is 97.9 Å². The molecule has 206 valence electrons. The predicted octanol–water partition coefficient (Wildman–Crippen LogP) is 4.60. The number of carbonyl (C=O) groups excluding carboxylic acids is 1. The summed E-state index contributed by atoms with van der Waals surface area (Å²) >= 11 is 0. The number of H-pyrrole nitrogens is 1. The molecular weight excluding hydrogens is 516 g/mol. The Morgan fingerprint density at radius 3 is 2.75 bits per heavy atom. The van der Waals surface area contributed by atoms with E-state index >= 15 is 0 Å². The molecule has 1 aromatic heterocycles. The van der Waals surface area contributed by atoms with Gasteiger partial charge in [-0.15, -0.1) is 0 Å². The van der Waals surface area contributed by atoms with E-state index in [-0.39, 0.29) is 18.5 Å². The molecule has 40 heavy (non-hydrogen) atoms. The first-order valence-corrected chi connectivity index (χ1v) is 13.2. The molecule has 2 amide bonds. The number of aromatic nitrogens is 2. The van der Waals surface area contributed by atoms with Crippen LogP contribution < -0.4 is 16.1 Å². The highest BCUT2D eigenvalue weighted by Crippen LogP contribution is 2.39. The number of amides is 2. The Morgan fingerprint density at radius 2 is 1.95 bits per heavy atom. The molecule has 6 rings (SSSR count). The van der Waals surface area contributed by atoms with Gasteiger partial charge in [0.2, 0.25) is 5.62 Å². The maximum Gasteiger partial charge on any atom is 0.341 e. The van der Waals surface area contributed by atoms with Crippen LogP contribution in [0.3, 0.4) is 0 Å². The molecule has 3 aromatic carbocycles. The number of benzene rings is 3. The van der Waals surface area contributed by atoms with Crippen molar-refractivity contribution in [2.24, 2.45) is 10.7 Å². The molecule has 8 nitrogen and oxygen atoms in total. The van der Waals surface area contributed by atoms with E-state index in [4.69, 9.17) is 15.2 Å². The number of hydrogen-bond donors (Lipinski definition) is 2. The van der Waals surface area contributed by atoms with Crippen molar-refractivity contribution in [3.8, 4) is 5.75 Å². The van der Waals surface area contributed by atoms with Gasteiger partial charge in [-0.2, -0.15) is 4.99 Å². The van der Waals surface area contributed by atoms with Crippen molar-refractivity contribution >= 4 is 28.7 Å². The number of ether oxygens (including phenoxy) is 2. The van der Waals surface area contributed by atoms with E-state index in [1.54, 1.807) is 12.1 Å². The van der Waals surface area contributed by atoms with Crippen LogP contribution in [0, 0.1) is 11.6 Å². The number of aromatic amines is 1. The summed E-state index contributed by atoms with van der Waals surface area (Å²) in [4.78, 5) is 21.4. The highest BCUT2D eigenvalue weighted by Gasteiger charge is 2.23. The van der Waals surface area contributed by atoms with Gasteiger partial charge in [-0.1, -0.05) is 18.2 Å². The molecule has 4 aromatic rings. The SMILES string of the molecule is C[C@H](CN1CCOCC1)n1c(=NC(N)=O)[nH]c2cc(C=C3c4ccc(F)cc4OCc4c(F)cccc43)ccc21. The summed E-state index contributed by atoms with van der Waals surface area (Å²) in [5, 5.41) is 0. The van der Waals surface area contributed by atoms with Crippen LogP contribution in [-0.4, -0.2) is 53.3 Å². The Labute approximate surface area is 229 Å². The van der Waals surface area contributed by atoms with Crippen LogP contribution in [0.2, 0.25) is 0 Å². The van der Waals surface area contributed by atoms with Crippen molar-refractivity contribution in [1.29, 1.82) is 0 Å². The molecule has 2 aliphatic heterocycles. The molecule has 1 saturated heterocycles. The van der Waals surface area contributed by atoms with Crippen LogP contribution in [0.4, 0.5) is 13.6 Å². The zero-order valence-corrected chi connectivity index (χ0v) is 22.0. The minimum Gasteiger partial charge on any atom is -0.488 e. The third-order valence-corrected chi connectivity index (χ3v) is 7.36. The Hall–Kier alpha value is -4.28. The first-order chi connectivity index (χ1) is 19.4. The van der Waals surface area contributed by atoms with Crippen LogP contribution >= 0.6 is 0 Å². The van der Waals surface area contributed by atoms with Crippen LogP contribution in [0.1, 0.15) is 35.2 Å². The second-order valence-electron chi connectivity index (χ2n) is 10.1. The summed E-state index contributed by atoms with van der Waals surface area (Å²) in [7, 11) is 0. The fourth-order valence-corrected chi connectivity index (χ4v) is 5.53. The molecule has 2 aliphatic rings. The standard InChI is InChI=1S/C30H29F2N5O3/c1-18(16-36-9-11-39-12-10-36)37-27-8-5-19(14-26(27)34-30(37)35-29(33)38)13-23-21-3-2-4-25(32)24(21)17-40-28-15-20(31)6-7-22(23)28/h2-8,13-15,18H,9-12,16-17H2,1H3,(H3,33,34,35,38)/t18-/m1/s1. The third kappa shape index (κ3) is 5.03. The van der Waals surface area contributed by atoms with Crippen LogP contribution in [0.15, 0.2) is 59.6 Å². The number of primary amides is 1. The van der Waals surface area contributed by atoms with Gasteiger partial charge in [-0.3, -0.25) is 4.90 Å². The average Bonchev–Trinajstić information content (AvgIpc) is 3.20. The predicted molar refractivity (Wildman–Crippen MR) is 148 cm³/mol. The van der Waals surface area contributed by atoms with Gasteiger partial charge >= 0.3 is 6.03 Å². The van der Waals surface area contributed by atoms with Crippen LogP contribution in [-0.2, 0) is 11.3 Å². The first-order valence-electron chi connectivity index (χ1n) is 13.2. The highest BCUT2D eigenvalue weighted by atomic mass is 19.1. The molecule has 1 atom stereocenters. The maximum absolute atomic E-state index is 14.8. The summed E-state index contributed by atoms with van der Waals surface area (Å²) in [6.45, 7) is 5.88. The second-order valence-corrected chi connectivity index (χ2v) is 10.1. The van der Waals surface area contributed by atoms with E-state index in [1.165, 1.54) is 18.2 Å². The number of fused-ring (bicyclic) bond motifs is 3. The second kappa shape index (κ2) is 10.7. The molecule has 0 unspecified atom stereocenters. The number of morpholine rings is 1. The average molecular weight is 546 g/mol. The summed E-state index contributed by atoms with van der Waals surface area (Å²) in [6, 6.07) is 14.3. The van der Waals surface area contributed by atoms with Crippen molar-refractivity contribution < 1.29 is 23.0 Å². The van der Waals surface area contributed by atoms with Gasteiger partial charge in [0, 0.05) is 42.9 Å². The van der Waals surface area contributed by atoms with Gasteiger partial charge < -0.3 is 24.8 Å².